The van der Waals surface area contributed by atoms with Crippen LogP contribution in [0.1, 0.15) is 24.7 Å². The summed E-state index contributed by atoms with van der Waals surface area (Å²) in [5.74, 6) is 1.62. The molecule has 30 heavy (non-hydrogen) atoms. The second kappa shape index (κ2) is 10.4. The van der Waals surface area contributed by atoms with Crippen LogP contribution in [0.2, 0.25) is 0 Å². The molecule has 0 unspecified atom stereocenters. The van der Waals surface area contributed by atoms with E-state index in [2.05, 4.69) is 0 Å². The SMILES string of the molecule is CCOCCCN1C(=O)C(SCc2ccco2)=C(c2ccc(OC)c(OC)c2)C1=O. The molecule has 8 heteroatoms. The molecule has 3 rings (SSSR count). The Labute approximate surface area is 180 Å². The van der Waals surface area contributed by atoms with Crippen LogP contribution in [0, 0.1) is 0 Å². The monoisotopic (exact) mass is 431 g/mol. The molecule has 0 spiro atoms. The van der Waals surface area contributed by atoms with E-state index in [1.54, 1.807) is 37.6 Å². The molecule has 7 nitrogen and oxygen atoms in total. The van der Waals surface area contributed by atoms with Crippen LogP contribution in [0.5, 0.6) is 11.5 Å². The summed E-state index contributed by atoms with van der Waals surface area (Å²) >= 11 is 1.30. The van der Waals surface area contributed by atoms with Gasteiger partial charge in [0, 0.05) is 19.8 Å². The highest BCUT2D eigenvalue weighted by Crippen LogP contribution is 2.40. The maximum Gasteiger partial charge on any atom is 0.267 e. The van der Waals surface area contributed by atoms with Crippen LogP contribution in [0.4, 0.5) is 0 Å². The number of carbonyl (C=O) groups excluding carboxylic acids is 2. The van der Waals surface area contributed by atoms with Gasteiger partial charge in [0.15, 0.2) is 11.5 Å². The maximum atomic E-state index is 13.2. The smallest absolute Gasteiger partial charge is 0.267 e. The lowest BCUT2D eigenvalue weighted by Crippen LogP contribution is -2.33. The summed E-state index contributed by atoms with van der Waals surface area (Å²) in [5.41, 5.74) is 0.981. The molecule has 0 aliphatic carbocycles. The van der Waals surface area contributed by atoms with Gasteiger partial charge in [0.1, 0.15) is 5.76 Å². The molecule has 0 saturated carbocycles. The third-order valence-electron chi connectivity index (χ3n) is 4.61. The molecule has 0 atom stereocenters. The topological polar surface area (TPSA) is 78.2 Å². The van der Waals surface area contributed by atoms with Crippen LogP contribution in [-0.4, -0.2) is 50.7 Å². The van der Waals surface area contributed by atoms with Crippen molar-refractivity contribution in [3.63, 3.8) is 0 Å². The Balaban J connectivity index is 1.92. The van der Waals surface area contributed by atoms with Gasteiger partial charge in [-0.1, -0.05) is 6.07 Å². The Kier molecular flexibility index (Phi) is 7.59. The lowest BCUT2D eigenvalue weighted by molar-refractivity contribution is -0.136. The van der Waals surface area contributed by atoms with Crippen molar-refractivity contribution < 1.29 is 28.2 Å². The molecule has 1 aromatic carbocycles. The molecule has 0 bridgehead atoms. The molecule has 2 amide bonds. The van der Waals surface area contributed by atoms with Crippen LogP contribution in [-0.2, 0) is 20.1 Å². The predicted molar refractivity (Wildman–Crippen MR) is 114 cm³/mol. The molecule has 0 radical (unpaired) electrons. The van der Waals surface area contributed by atoms with Gasteiger partial charge in [-0.25, -0.2) is 0 Å². The van der Waals surface area contributed by atoms with E-state index in [1.165, 1.54) is 23.8 Å². The minimum absolute atomic E-state index is 0.294. The highest BCUT2D eigenvalue weighted by Gasteiger charge is 2.39. The summed E-state index contributed by atoms with van der Waals surface area (Å²) in [4.78, 5) is 28.0. The van der Waals surface area contributed by atoms with E-state index in [0.29, 0.717) is 59.5 Å². The predicted octanol–water partition coefficient (Wildman–Crippen LogP) is 3.74. The molecular weight excluding hydrogens is 406 g/mol. The van der Waals surface area contributed by atoms with Crippen molar-refractivity contribution in [1.29, 1.82) is 0 Å². The van der Waals surface area contributed by atoms with Gasteiger partial charge in [0.2, 0.25) is 0 Å². The quantitative estimate of drug-likeness (QED) is 0.396. The first-order chi connectivity index (χ1) is 14.6. The van der Waals surface area contributed by atoms with Crippen molar-refractivity contribution in [3.8, 4) is 11.5 Å². The Morgan fingerprint density at radius 1 is 1.07 bits per heavy atom. The summed E-state index contributed by atoms with van der Waals surface area (Å²) in [6, 6.07) is 8.84. The molecule has 160 valence electrons. The Bertz CT molecular complexity index is 922. The number of furan rings is 1. The van der Waals surface area contributed by atoms with Crippen molar-refractivity contribution in [1.82, 2.24) is 4.90 Å². The van der Waals surface area contributed by atoms with E-state index in [1.807, 2.05) is 13.0 Å². The molecule has 0 fully saturated rings. The van der Waals surface area contributed by atoms with E-state index in [0.717, 1.165) is 5.76 Å². The minimum atomic E-state index is -0.314. The van der Waals surface area contributed by atoms with E-state index in [4.69, 9.17) is 18.6 Å². The molecule has 1 aliphatic heterocycles. The summed E-state index contributed by atoms with van der Waals surface area (Å²) in [6.07, 6.45) is 2.17. The number of amides is 2. The number of hydrogen-bond acceptors (Lipinski definition) is 7. The van der Waals surface area contributed by atoms with Gasteiger partial charge in [-0.05, 0) is 43.2 Å². The first-order valence-electron chi connectivity index (χ1n) is 9.66. The molecule has 1 aromatic heterocycles. The third kappa shape index (κ3) is 4.71. The first-order valence-corrected chi connectivity index (χ1v) is 10.6. The Morgan fingerprint density at radius 3 is 2.53 bits per heavy atom. The van der Waals surface area contributed by atoms with Crippen molar-refractivity contribution in [2.45, 2.75) is 19.1 Å². The van der Waals surface area contributed by atoms with Crippen molar-refractivity contribution in [2.24, 2.45) is 0 Å². The van der Waals surface area contributed by atoms with Crippen molar-refractivity contribution in [2.75, 3.05) is 34.0 Å². The third-order valence-corrected chi connectivity index (χ3v) is 5.71. The average molecular weight is 432 g/mol. The van der Waals surface area contributed by atoms with Gasteiger partial charge < -0.3 is 18.6 Å². The normalized spacial score (nSPS) is 14.0. The molecule has 1 aliphatic rings. The number of benzene rings is 1. The van der Waals surface area contributed by atoms with Crippen LogP contribution >= 0.6 is 11.8 Å². The number of thioether (sulfide) groups is 1. The zero-order valence-electron chi connectivity index (χ0n) is 17.3. The van der Waals surface area contributed by atoms with E-state index in [9.17, 15) is 9.59 Å². The van der Waals surface area contributed by atoms with Gasteiger partial charge in [0.25, 0.3) is 11.8 Å². The Hall–Kier alpha value is -2.71. The lowest BCUT2D eigenvalue weighted by Gasteiger charge is -2.15. The van der Waals surface area contributed by atoms with E-state index in [-0.39, 0.29) is 11.8 Å². The fourth-order valence-electron chi connectivity index (χ4n) is 3.14. The number of nitrogens with zero attached hydrogens (tertiary/aromatic N) is 1. The fraction of sp³-hybridized carbons (Fsp3) is 0.364. The van der Waals surface area contributed by atoms with Crippen LogP contribution < -0.4 is 9.47 Å². The largest absolute Gasteiger partial charge is 0.493 e. The number of imide groups is 1. The minimum Gasteiger partial charge on any atom is -0.493 e. The number of methoxy groups -OCH3 is 2. The number of rotatable bonds is 11. The second-order valence-electron chi connectivity index (χ2n) is 6.45. The lowest BCUT2D eigenvalue weighted by atomic mass is 10.1. The van der Waals surface area contributed by atoms with Crippen molar-refractivity contribution in [3.05, 3.63) is 52.8 Å². The summed E-state index contributed by atoms with van der Waals surface area (Å²) in [6.45, 7) is 3.31. The molecular formula is C22H25NO6S. The number of ether oxygens (including phenoxy) is 3. The standard InChI is InChI=1S/C22H25NO6S/c1-4-28-11-6-10-23-21(24)19(15-8-9-17(26-2)18(13-15)27-3)20(22(23)25)30-14-16-7-5-12-29-16/h5,7-9,12-13H,4,6,10-11,14H2,1-3H3. The number of carbonyl (C=O) groups is 2. The van der Waals surface area contributed by atoms with Gasteiger partial charge >= 0.3 is 0 Å². The first kappa shape index (κ1) is 22.0. The maximum absolute atomic E-state index is 13.2. The molecule has 2 heterocycles. The Morgan fingerprint density at radius 2 is 1.87 bits per heavy atom. The van der Waals surface area contributed by atoms with Crippen LogP contribution in [0.3, 0.4) is 0 Å². The van der Waals surface area contributed by atoms with E-state index >= 15 is 0 Å². The summed E-state index contributed by atoms with van der Waals surface area (Å²) in [7, 11) is 3.08. The highest BCUT2D eigenvalue weighted by atomic mass is 32.2. The molecule has 2 aromatic rings. The van der Waals surface area contributed by atoms with Gasteiger partial charge in [-0.2, -0.15) is 0 Å². The fourth-order valence-corrected chi connectivity index (χ4v) is 4.18. The van der Waals surface area contributed by atoms with Gasteiger partial charge in [-0.15, -0.1) is 11.8 Å². The van der Waals surface area contributed by atoms with Gasteiger partial charge in [-0.3, -0.25) is 14.5 Å². The second-order valence-corrected chi connectivity index (χ2v) is 7.44. The van der Waals surface area contributed by atoms with Gasteiger partial charge in [0.05, 0.1) is 36.7 Å². The van der Waals surface area contributed by atoms with Crippen LogP contribution in [0.25, 0.3) is 5.57 Å². The number of hydrogen-bond donors (Lipinski definition) is 0. The summed E-state index contributed by atoms with van der Waals surface area (Å²) in [5, 5.41) is 0. The zero-order valence-corrected chi connectivity index (χ0v) is 18.1. The highest BCUT2D eigenvalue weighted by molar-refractivity contribution is 8.03. The average Bonchev–Trinajstić information content (AvgIpc) is 3.36. The van der Waals surface area contributed by atoms with Crippen molar-refractivity contribution >= 4 is 29.1 Å². The zero-order chi connectivity index (χ0) is 21.5. The molecule has 0 saturated heterocycles. The van der Waals surface area contributed by atoms with Crippen LogP contribution in [0.15, 0.2) is 45.9 Å². The van der Waals surface area contributed by atoms with E-state index < -0.39 is 0 Å². The molecule has 0 N–H and O–H groups in total. The summed E-state index contributed by atoms with van der Waals surface area (Å²) < 4.78 is 21.4.